The highest BCUT2D eigenvalue weighted by Crippen LogP contribution is 2.15. The van der Waals surface area contributed by atoms with E-state index < -0.39 is 0 Å². The van der Waals surface area contributed by atoms with Gasteiger partial charge in [-0.15, -0.1) is 0 Å². The summed E-state index contributed by atoms with van der Waals surface area (Å²) in [4.78, 5) is 14.1. The van der Waals surface area contributed by atoms with Gasteiger partial charge in [-0.3, -0.25) is 4.79 Å². The number of carbonyl (C=O) groups is 1. The molecule has 0 spiro atoms. The van der Waals surface area contributed by atoms with Gasteiger partial charge in [0, 0.05) is 13.6 Å². The van der Waals surface area contributed by atoms with E-state index in [2.05, 4.69) is 29.6 Å². The van der Waals surface area contributed by atoms with Crippen LogP contribution in [0.2, 0.25) is 0 Å². The Kier molecular flexibility index (Phi) is 5.37. The van der Waals surface area contributed by atoms with Crippen LogP contribution in [0.15, 0.2) is 66.5 Å². The van der Waals surface area contributed by atoms with Gasteiger partial charge in [-0.1, -0.05) is 48.6 Å². The Morgan fingerprint density at radius 2 is 1.86 bits per heavy atom. The summed E-state index contributed by atoms with van der Waals surface area (Å²) in [5.74, 6) is -0.0729. The molecule has 2 aromatic rings. The second kappa shape index (κ2) is 7.46. The summed E-state index contributed by atoms with van der Waals surface area (Å²) in [6.45, 7) is 4.31. The van der Waals surface area contributed by atoms with Gasteiger partial charge in [-0.25, -0.2) is 0 Å². The van der Waals surface area contributed by atoms with E-state index in [1.54, 1.807) is 0 Å². The van der Waals surface area contributed by atoms with E-state index in [1.807, 2.05) is 62.3 Å². The SMILES string of the molecule is CC=CN(C)C(=CC)C(=O)NCc1ccc2ccccc2c1. The predicted octanol–water partition coefficient (Wildman–Crippen LogP) is 3.83. The molecule has 114 valence electrons. The highest BCUT2D eigenvalue weighted by molar-refractivity contribution is 5.93. The molecular weight excluding hydrogens is 272 g/mol. The van der Waals surface area contributed by atoms with Gasteiger partial charge in [0.25, 0.3) is 5.91 Å². The van der Waals surface area contributed by atoms with Gasteiger partial charge < -0.3 is 10.2 Å². The topological polar surface area (TPSA) is 32.3 Å². The molecule has 0 bridgehead atoms. The minimum Gasteiger partial charge on any atom is -0.347 e. The molecule has 22 heavy (non-hydrogen) atoms. The minimum atomic E-state index is -0.0729. The Morgan fingerprint density at radius 1 is 1.14 bits per heavy atom. The smallest absolute Gasteiger partial charge is 0.267 e. The van der Waals surface area contributed by atoms with Crippen LogP contribution < -0.4 is 5.32 Å². The van der Waals surface area contributed by atoms with Crippen molar-refractivity contribution in [3.63, 3.8) is 0 Å². The number of fused-ring (bicyclic) bond motifs is 1. The van der Waals surface area contributed by atoms with Gasteiger partial charge in [0.05, 0.1) is 0 Å². The lowest BCUT2D eigenvalue weighted by atomic mass is 10.1. The summed E-state index contributed by atoms with van der Waals surface area (Å²) < 4.78 is 0. The molecule has 0 radical (unpaired) electrons. The maximum atomic E-state index is 12.3. The van der Waals surface area contributed by atoms with Crippen LogP contribution in [-0.4, -0.2) is 17.9 Å². The Labute approximate surface area is 131 Å². The fourth-order valence-corrected chi connectivity index (χ4v) is 2.42. The molecular formula is C19H22N2O. The second-order valence-corrected chi connectivity index (χ2v) is 5.13. The summed E-state index contributed by atoms with van der Waals surface area (Å²) in [6.07, 6.45) is 5.58. The van der Waals surface area contributed by atoms with Gasteiger partial charge in [0.1, 0.15) is 5.70 Å². The van der Waals surface area contributed by atoms with Crippen molar-refractivity contribution in [2.45, 2.75) is 20.4 Å². The first-order valence-corrected chi connectivity index (χ1v) is 7.43. The molecule has 3 heteroatoms. The molecule has 3 nitrogen and oxygen atoms in total. The number of rotatable bonds is 5. The molecule has 1 amide bonds. The average molecular weight is 294 g/mol. The molecule has 2 rings (SSSR count). The third-order valence-corrected chi connectivity index (χ3v) is 3.53. The van der Waals surface area contributed by atoms with Crippen molar-refractivity contribution < 1.29 is 4.79 Å². The molecule has 0 heterocycles. The van der Waals surface area contributed by atoms with Crippen molar-refractivity contribution in [2.24, 2.45) is 0 Å². The summed E-state index contributed by atoms with van der Waals surface area (Å²) in [5, 5.41) is 5.37. The first-order valence-electron chi connectivity index (χ1n) is 7.43. The van der Waals surface area contributed by atoms with E-state index in [4.69, 9.17) is 0 Å². The van der Waals surface area contributed by atoms with Crippen molar-refractivity contribution in [2.75, 3.05) is 7.05 Å². The summed E-state index contributed by atoms with van der Waals surface area (Å²) in [7, 11) is 1.87. The zero-order valence-electron chi connectivity index (χ0n) is 13.3. The third kappa shape index (κ3) is 3.76. The lowest BCUT2D eigenvalue weighted by Crippen LogP contribution is -2.30. The second-order valence-electron chi connectivity index (χ2n) is 5.13. The van der Waals surface area contributed by atoms with E-state index in [-0.39, 0.29) is 5.91 Å². The van der Waals surface area contributed by atoms with Crippen LogP contribution in [0.4, 0.5) is 0 Å². The predicted molar refractivity (Wildman–Crippen MR) is 92.1 cm³/mol. The van der Waals surface area contributed by atoms with E-state index in [0.717, 1.165) is 5.56 Å². The van der Waals surface area contributed by atoms with E-state index >= 15 is 0 Å². The number of benzene rings is 2. The number of carbonyl (C=O) groups excluding carboxylic acids is 1. The Bertz CT molecular complexity index is 716. The molecule has 0 atom stereocenters. The van der Waals surface area contributed by atoms with Gasteiger partial charge in [-0.2, -0.15) is 0 Å². The van der Waals surface area contributed by atoms with Crippen molar-refractivity contribution in [1.29, 1.82) is 0 Å². The lowest BCUT2D eigenvalue weighted by molar-refractivity contribution is -0.118. The number of amides is 1. The summed E-state index contributed by atoms with van der Waals surface area (Å²) >= 11 is 0. The molecule has 0 fully saturated rings. The molecule has 0 aromatic heterocycles. The Hall–Kier alpha value is -2.55. The normalized spacial score (nSPS) is 11.9. The Morgan fingerprint density at radius 3 is 2.55 bits per heavy atom. The first kappa shape index (κ1) is 15.8. The van der Waals surface area contributed by atoms with E-state index in [1.165, 1.54) is 10.8 Å². The highest BCUT2D eigenvalue weighted by atomic mass is 16.2. The fourth-order valence-electron chi connectivity index (χ4n) is 2.42. The lowest BCUT2D eigenvalue weighted by Gasteiger charge is -2.17. The van der Waals surface area contributed by atoms with Crippen LogP contribution in [0.3, 0.4) is 0 Å². The Balaban J connectivity index is 2.05. The molecule has 0 aliphatic carbocycles. The molecule has 0 saturated carbocycles. The number of nitrogens with one attached hydrogen (secondary N) is 1. The number of allylic oxidation sites excluding steroid dienone is 2. The monoisotopic (exact) mass is 294 g/mol. The molecule has 0 aliphatic rings. The van der Waals surface area contributed by atoms with Crippen molar-refractivity contribution in [3.8, 4) is 0 Å². The minimum absolute atomic E-state index is 0.0729. The molecule has 0 unspecified atom stereocenters. The standard InChI is InChI=1S/C19H22N2O/c1-4-12-21(3)18(5-2)19(22)20-14-15-10-11-16-8-6-7-9-17(16)13-15/h4-13H,14H2,1-3H3,(H,20,22). The fraction of sp³-hybridized carbons (Fsp3) is 0.211. The van der Waals surface area contributed by atoms with Crippen LogP contribution in [0.25, 0.3) is 10.8 Å². The maximum Gasteiger partial charge on any atom is 0.267 e. The number of hydrogen-bond donors (Lipinski definition) is 1. The van der Waals surface area contributed by atoms with Crippen molar-refractivity contribution in [1.82, 2.24) is 10.2 Å². The average Bonchev–Trinajstić information content (AvgIpc) is 2.53. The van der Waals surface area contributed by atoms with Crippen molar-refractivity contribution in [3.05, 3.63) is 72.1 Å². The van der Waals surface area contributed by atoms with Crippen molar-refractivity contribution >= 4 is 16.7 Å². The van der Waals surface area contributed by atoms with Crippen LogP contribution in [-0.2, 0) is 11.3 Å². The molecule has 0 saturated heterocycles. The largest absolute Gasteiger partial charge is 0.347 e. The molecule has 0 aliphatic heterocycles. The third-order valence-electron chi connectivity index (χ3n) is 3.53. The van der Waals surface area contributed by atoms with Gasteiger partial charge in [-0.05, 0) is 42.4 Å². The first-order chi connectivity index (χ1) is 10.7. The summed E-state index contributed by atoms with van der Waals surface area (Å²) in [5.41, 5.74) is 1.73. The van der Waals surface area contributed by atoms with Crippen LogP contribution in [0, 0.1) is 0 Å². The van der Waals surface area contributed by atoms with E-state index in [9.17, 15) is 4.79 Å². The zero-order valence-corrected chi connectivity index (χ0v) is 13.3. The van der Waals surface area contributed by atoms with Gasteiger partial charge in [0.15, 0.2) is 0 Å². The van der Waals surface area contributed by atoms with Gasteiger partial charge >= 0.3 is 0 Å². The maximum absolute atomic E-state index is 12.3. The van der Waals surface area contributed by atoms with Gasteiger partial charge in [0.2, 0.25) is 0 Å². The van der Waals surface area contributed by atoms with Crippen LogP contribution in [0.1, 0.15) is 19.4 Å². The quantitative estimate of drug-likeness (QED) is 0.850. The van der Waals surface area contributed by atoms with Crippen LogP contribution in [0.5, 0.6) is 0 Å². The van der Waals surface area contributed by atoms with Crippen LogP contribution >= 0.6 is 0 Å². The summed E-state index contributed by atoms with van der Waals surface area (Å²) in [6, 6.07) is 14.5. The highest BCUT2D eigenvalue weighted by Gasteiger charge is 2.11. The van der Waals surface area contributed by atoms with E-state index in [0.29, 0.717) is 12.2 Å². The molecule has 1 N–H and O–H groups in total. The zero-order chi connectivity index (χ0) is 15.9. The number of hydrogen-bond acceptors (Lipinski definition) is 2. The number of nitrogens with zero attached hydrogens (tertiary/aromatic N) is 1. The number of likely N-dealkylation sites (N-methyl/N-ethyl adjacent to an activating group) is 1. The molecule has 2 aromatic carbocycles.